The van der Waals surface area contributed by atoms with E-state index in [0.29, 0.717) is 0 Å². The van der Waals surface area contributed by atoms with Gasteiger partial charge >= 0.3 is 0 Å². The third-order valence-corrected chi connectivity index (χ3v) is 3.53. The molecule has 1 amide bonds. The second kappa shape index (κ2) is 4.99. The highest BCUT2D eigenvalue weighted by Crippen LogP contribution is 2.14. The van der Waals surface area contributed by atoms with Crippen LogP contribution in [0.5, 0.6) is 0 Å². The topological polar surface area (TPSA) is 20.3 Å². The fourth-order valence-electron chi connectivity index (χ4n) is 1.73. The summed E-state index contributed by atoms with van der Waals surface area (Å²) < 4.78 is 1.16. The first kappa shape index (κ1) is 11.6. The Morgan fingerprint density at radius 1 is 1.31 bits per heavy atom. The van der Waals surface area contributed by atoms with Crippen molar-refractivity contribution in [2.45, 2.75) is 13.3 Å². The summed E-state index contributed by atoms with van der Waals surface area (Å²) in [5.74, 6) is 0.139. The molecule has 0 radical (unpaired) electrons. The van der Waals surface area contributed by atoms with Crippen LogP contribution in [0.2, 0.25) is 0 Å². The summed E-state index contributed by atoms with van der Waals surface area (Å²) in [5, 5.41) is 0. The van der Waals surface area contributed by atoms with Gasteiger partial charge in [-0.25, -0.2) is 0 Å². The lowest BCUT2D eigenvalue weighted by molar-refractivity contribution is 0.0769. The molecule has 84 valence electrons. The van der Waals surface area contributed by atoms with Gasteiger partial charge in [-0.15, -0.1) is 0 Å². The van der Waals surface area contributed by atoms with E-state index in [1.807, 2.05) is 29.2 Å². The van der Waals surface area contributed by atoms with Crippen LogP contribution in [0.3, 0.4) is 0 Å². The molecule has 0 spiro atoms. The second-order valence-corrected chi connectivity index (χ2v) is 5.30. The quantitative estimate of drug-likeness (QED) is 0.573. The molecule has 3 heteroatoms. The summed E-state index contributed by atoms with van der Waals surface area (Å²) in [7, 11) is 0. The van der Waals surface area contributed by atoms with Crippen molar-refractivity contribution in [3.63, 3.8) is 0 Å². The summed E-state index contributed by atoms with van der Waals surface area (Å²) in [6.45, 7) is 3.70. The molecule has 1 aliphatic heterocycles. The van der Waals surface area contributed by atoms with Crippen molar-refractivity contribution in [2.24, 2.45) is 0 Å². The van der Waals surface area contributed by atoms with E-state index in [1.165, 1.54) is 5.57 Å². The number of hydrogen-bond acceptors (Lipinski definition) is 1. The van der Waals surface area contributed by atoms with Crippen molar-refractivity contribution >= 4 is 28.5 Å². The van der Waals surface area contributed by atoms with Gasteiger partial charge in [0.15, 0.2) is 0 Å². The first-order valence-electron chi connectivity index (χ1n) is 5.37. The predicted molar refractivity (Wildman–Crippen MR) is 73.4 cm³/mol. The molecule has 1 aromatic carbocycles. The molecular formula is C13H14INO. The van der Waals surface area contributed by atoms with Gasteiger partial charge in [0.2, 0.25) is 0 Å². The summed E-state index contributed by atoms with van der Waals surface area (Å²) in [5.41, 5.74) is 2.17. The monoisotopic (exact) mass is 327 g/mol. The Kier molecular flexibility index (Phi) is 3.63. The van der Waals surface area contributed by atoms with E-state index in [-0.39, 0.29) is 5.91 Å². The first-order chi connectivity index (χ1) is 7.66. The van der Waals surface area contributed by atoms with E-state index in [4.69, 9.17) is 0 Å². The smallest absolute Gasteiger partial charge is 0.254 e. The molecule has 0 saturated carbocycles. The van der Waals surface area contributed by atoms with Gasteiger partial charge < -0.3 is 4.90 Å². The Morgan fingerprint density at radius 2 is 2.00 bits per heavy atom. The van der Waals surface area contributed by atoms with Crippen molar-refractivity contribution in [3.8, 4) is 0 Å². The molecule has 0 N–H and O–H groups in total. The Balaban J connectivity index is 2.11. The van der Waals surface area contributed by atoms with Crippen molar-refractivity contribution < 1.29 is 4.79 Å². The van der Waals surface area contributed by atoms with Crippen LogP contribution in [0, 0.1) is 3.57 Å². The molecule has 0 fully saturated rings. The first-order valence-corrected chi connectivity index (χ1v) is 6.45. The van der Waals surface area contributed by atoms with E-state index in [9.17, 15) is 4.79 Å². The molecule has 1 heterocycles. The zero-order chi connectivity index (χ0) is 11.5. The Bertz CT molecular complexity index is 422. The lowest BCUT2D eigenvalue weighted by Crippen LogP contribution is -2.34. The van der Waals surface area contributed by atoms with Gasteiger partial charge in [-0.3, -0.25) is 4.79 Å². The second-order valence-electron chi connectivity index (χ2n) is 4.06. The number of hydrogen-bond donors (Lipinski definition) is 0. The van der Waals surface area contributed by atoms with E-state index in [0.717, 1.165) is 28.6 Å². The van der Waals surface area contributed by atoms with Gasteiger partial charge in [0.1, 0.15) is 0 Å². The summed E-state index contributed by atoms with van der Waals surface area (Å²) >= 11 is 2.24. The van der Waals surface area contributed by atoms with Gasteiger partial charge in [-0.2, -0.15) is 0 Å². The summed E-state index contributed by atoms with van der Waals surface area (Å²) in [6.07, 6.45) is 3.13. The number of benzene rings is 1. The van der Waals surface area contributed by atoms with Crippen molar-refractivity contribution in [1.82, 2.24) is 4.90 Å². The van der Waals surface area contributed by atoms with Crippen molar-refractivity contribution in [3.05, 3.63) is 45.0 Å². The fourth-order valence-corrected chi connectivity index (χ4v) is 2.09. The number of carbonyl (C=O) groups excluding carboxylic acids is 1. The van der Waals surface area contributed by atoms with Crippen LogP contribution in [0.4, 0.5) is 0 Å². The Labute approximate surface area is 109 Å². The average Bonchev–Trinajstić information content (AvgIpc) is 2.30. The molecule has 0 aliphatic carbocycles. The molecule has 0 bridgehead atoms. The molecule has 1 aromatic rings. The lowest BCUT2D eigenvalue weighted by Gasteiger charge is -2.25. The predicted octanol–water partition coefficient (Wildman–Crippen LogP) is 3.08. The zero-order valence-electron chi connectivity index (χ0n) is 9.24. The SMILES string of the molecule is CC1=CCN(C(=O)c2ccc(I)cc2)CC1. The third kappa shape index (κ3) is 2.64. The van der Waals surface area contributed by atoms with Crippen LogP contribution in [0.25, 0.3) is 0 Å². The molecule has 0 unspecified atom stereocenters. The minimum atomic E-state index is 0.139. The fraction of sp³-hybridized carbons (Fsp3) is 0.308. The molecule has 0 atom stereocenters. The number of carbonyl (C=O) groups is 1. The molecule has 0 aromatic heterocycles. The van der Waals surface area contributed by atoms with Crippen LogP contribution in [0.15, 0.2) is 35.9 Å². The summed E-state index contributed by atoms with van der Waals surface area (Å²) in [4.78, 5) is 14.0. The van der Waals surface area contributed by atoms with Gasteiger partial charge in [-0.05, 0) is 60.2 Å². The number of halogens is 1. The van der Waals surface area contributed by atoms with Crippen LogP contribution < -0.4 is 0 Å². The van der Waals surface area contributed by atoms with Crippen molar-refractivity contribution in [2.75, 3.05) is 13.1 Å². The maximum atomic E-state index is 12.1. The lowest BCUT2D eigenvalue weighted by atomic mass is 10.1. The standard InChI is InChI=1S/C13H14INO/c1-10-6-8-15(9-7-10)13(16)11-2-4-12(14)5-3-11/h2-6H,7-9H2,1H3. The van der Waals surface area contributed by atoms with Crippen LogP contribution in [-0.4, -0.2) is 23.9 Å². The maximum Gasteiger partial charge on any atom is 0.254 e. The number of rotatable bonds is 1. The summed E-state index contributed by atoms with van der Waals surface area (Å²) in [6, 6.07) is 7.74. The van der Waals surface area contributed by atoms with E-state index < -0.39 is 0 Å². The molecule has 16 heavy (non-hydrogen) atoms. The Hall–Kier alpha value is -0.840. The highest BCUT2D eigenvalue weighted by molar-refractivity contribution is 14.1. The third-order valence-electron chi connectivity index (χ3n) is 2.81. The molecule has 0 saturated heterocycles. The van der Waals surface area contributed by atoms with Gasteiger partial charge in [0, 0.05) is 22.2 Å². The Morgan fingerprint density at radius 3 is 2.56 bits per heavy atom. The minimum absolute atomic E-state index is 0.139. The minimum Gasteiger partial charge on any atom is -0.335 e. The van der Waals surface area contributed by atoms with E-state index >= 15 is 0 Å². The van der Waals surface area contributed by atoms with E-state index in [1.54, 1.807) is 0 Å². The number of amides is 1. The van der Waals surface area contributed by atoms with Gasteiger partial charge in [0.25, 0.3) is 5.91 Å². The van der Waals surface area contributed by atoms with Crippen LogP contribution >= 0.6 is 22.6 Å². The van der Waals surface area contributed by atoms with Crippen LogP contribution in [0.1, 0.15) is 23.7 Å². The largest absolute Gasteiger partial charge is 0.335 e. The maximum absolute atomic E-state index is 12.1. The normalized spacial score (nSPS) is 15.9. The molecule has 2 nitrogen and oxygen atoms in total. The van der Waals surface area contributed by atoms with Gasteiger partial charge in [0.05, 0.1) is 0 Å². The number of nitrogens with zero attached hydrogens (tertiary/aromatic N) is 1. The van der Waals surface area contributed by atoms with Gasteiger partial charge in [-0.1, -0.05) is 11.6 Å². The average molecular weight is 327 g/mol. The highest BCUT2D eigenvalue weighted by Gasteiger charge is 2.16. The highest BCUT2D eigenvalue weighted by atomic mass is 127. The van der Waals surface area contributed by atoms with E-state index in [2.05, 4.69) is 35.6 Å². The molecule has 1 aliphatic rings. The van der Waals surface area contributed by atoms with Crippen LogP contribution in [-0.2, 0) is 0 Å². The molecular weight excluding hydrogens is 313 g/mol. The molecule has 2 rings (SSSR count). The zero-order valence-corrected chi connectivity index (χ0v) is 11.4. The van der Waals surface area contributed by atoms with Crippen molar-refractivity contribution in [1.29, 1.82) is 0 Å².